The van der Waals surface area contributed by atoms with Crippen molar-refractivity contribution in [3.05, 3.63) is 35.5 Å². The Morgan fingerprint density at radius 2 is 1.80 bits per heavy atom. The first-order valence-corrected chi connectivity index (χ1v) is 8.75. The summed E-state index contributed by atoms with van der Waals surface area (Å²) in [6.45, 7) is 8.55. The van der Waals surface area contributed by atoms with Gasteiger partial charge in [0, 0.05) is 30.2 Å². The molecule has 3 rings (SSSR count). The van der Waals surface area contributed by atoms with Crippen LogP contribution in [0, 0.1) is 12.8 Å². The highest BCUT2D eigenvalue weighted by Crippen LogP contribution is 2.30. The number of rotatable bonds is 2. The first-order chi connectivity index (χ1) is 11.8. The smallest absolute Gasteiger partial charge is 0.341 e. The number of ether oxygens (including phenoxy) is 2. The van der Waals surface area contributed by atoms with Gasteiger partial charge >= 0.3 is 5.97 Å². The molecule has 0 saturated carbocycles. The van der Waals surface area contributed by atoms with Crippen molar-refractivity contribution in [3.8, 4) is 0 Å². The number of fused-ring (bicyclic) bond motifs is 1. The second-order valence-electron chi connectivity index (χ2n) is 7.54. The number of carbonyl (C=O) groups is 2. The van der Waals surface area contributed by atoms with Gasteiger partial charge in [0.15, 0.2) is 0 Å². The van der Waals surface area contributed by atoms with Crippen LogP contribution in [0.4, 0.5) is 0 Å². The van der Waals surface area contributed by atoms with Gasteiger partial charge in [-0.25, -0.2) is 4.79 Å². The predicted octanol–water partition coefficient (Wildman–Crippen LogP) is 3.97. The summed E-state index contributed by atoms with van der Waals surface area (Å²) in [7, 11) is 0. The van der Waals surface area contributed by atoms with Crippen molar-refractivity contribution in [2.45, 2.75) is 46.1 Å². The van der Waals surface area contributed by atoms with Crippen LogP contribution >= 0.6 is 0 Å². The summed E-state index contributed by atoms with van der Waals surface area (Å²) in [5.41, 5.74) is 1.30. The van der Waals surface area contributed by atoms with Gasteiger partial charge in [-0.3, -0.25) is 9.36 Å². The van der Waals surface area contributed by atoms with E-state index in [1.54, 1.807) is 4.57 Å². The highest BCUT2D eigenvalue weighted by molar-refractivity contribution is 6.09. The van der Waals surface area contributed by atoms with Crippen LogP contribution < -0.4 is 0 Å². The van der Waals surface area contributed by atoms with E-state index < -0.39 is 5.60 Å². The molecule has 2 aromatic rings. The molecule has 0 bridgehead atoms. The molecule has 0 radical (unpaired) electrons. The standard InChI is InChI=1S/C20H25NO4/c1-13-17(19(23)25-20(2,3)4)15-7-5-6-8-16(15)21(13)18(22)14-9-11-24-12-10-14/h5-8,14H,9-12H2,1-4H3. The summed E-state index contributed by atoms with van der Waals surface area (Å²) in [5, 5.41) is 0.759. The van der Waals surface area contributed by atoms with E-state index in [0.29, 0.717) is 37.3 Å². The van der Waals surface area contributed by atoms with Gasteiger partial charge in [-0.1, -0.05) is 18.2 Å². The van der Waals surface area contributed by atoms with Crippen molar-refractivity contribution in [1.82, 2.24) is 4.57 Å². The molecule has 134 valence electrons. The molecular weight excluding hydrogens is 318 g/mol. The molecule has 0 aliphatic carbocycles. The molecule has 25 heavy (non-hydrogen) atoms. The SMILES string of the molecule is Cc1c(C(=O)OC(C)(C)C)c2ccccc2n1C(=O)C1CCOCC1. The Labute approximate surface area is 147 Å². The molecule has 2 heterocycles. The predicted molar refractivity (Wildman–Crippen MR) is 96.0 cm³/mol. The molecule has 1 aliphatic heterocycles. The van der Waals surface area contributed by atoms with E-state index in [0.717, 1.165) is 10.9 Å². The third-order valence-corrected chi connectivity index (χ3v) is 4.51. The number of esters is 1. The average Bonchev–Trinajstić information content (AvgIpc) is 2.85. The van der Waals surface area contributed by atoms with Crippen molar-refractivity contribution < 1.29 is 19.1 Å². The fourth-order valence-corrected chi connectivity index (χ4v) is 3.37. The van der Waals surface area contributed by atoms with Gasteiger partial charge in [-0.15, -0.1) is 0 Å². The van der Waals surface area contributed by atoms with Crippen LogP contribution in [0.5, 0.6) is 0 Å². The maximum Gasteiger partial charge on any atom is 0.341 e. The summed E-state index contributed by atoms with van der Waals surface area (Å²) in [6.07, 6.45) is 1.43. The first kappa shape index (κ1) is 17.7. The lowest BCUT2D eigenvalue weighted by molar-refractivity contribution is 0.00709. The van der Waals surface area contributed by atoms with Crippen molar-refractivity contribution in [2.75, 3.05) is 13.2 Å². The molecule has 1 aliphatic rings. The van der Waals surface area contributed by atoms with Gasteiger partial charge in [0.25, 0.3) is 0 Å². The zero-order valence-electron chi connectivity index (χ0n) is 15.3. The molecular formula is C20H25NO4. The maximum absolute atomic E-state index is 13.1. The van der Waals surface area contributed by atoms with Gasteiger partial charge in [-0.2, -0.15) is 0 Å². The Balaban J connectivity index is 2.09. The van der Waals surface area contributed by atoms with Crippen LogP contribution in [-0.2, 0) is 9.47 Å². The van der Waals surface area contributed by atoms with Crippen molar-refractivity contribution in [1.29, 1.82) is 0 Å². The van der Waals surface area contributed by atoms with E-state index in [1.165, 1.54) is 0 Å². The van der Waals surface area contributed by atoms with Crippen LogP contribution in [0.25, 0.3) is 10.9 Å². The Hall–Kier alpha value is -2.14. The zero-order valence-corrected chi connectivity index (χ0v) is 15.3. The van der Waals surface area contributed by atoms with E-state index in [2.05, 4.69) is 0 Å². The normalized spacial score (nSPS) is 16.2. The lowest BCUT2D eigenvalue weighted by Gasteiger charge is -2.22. The Morgan fingerprint density at radius 1 is 1.16 bits per heavy atom. The monoisotopic (exact) mass is 343 g/mol. The molecule has 5 nitrogen and oxygen atoms in total. The lowest BCUT2D eigenvalue weighted by Crippen LogP contribution is -2.29. The van der Waals surface area contributed by atoms with Crippen LogP contribution in [-0.4, -0.2) is 35.3 Å². The molecule has 1 saturated heterocycles. The lowest BCUT2D eigenvalue weighted by atomic mass is 9.99. The van der Waals surface area contributed by atoms with E-state index in [-0.39, 0.29) is 17.8 Å². The van der Waals surface area contributed by atoms with Gasteiger partial charge < -0.3 is 9.47 Å². The van der Waals surface area contributed by atoms with Gasteiger partial charge in [-0.05, 0) is 46.6 Å². The van der Waals surface area contributed by atoms with Crippen LogP contribution in [0.3, 0.4) is 0 Å². The van der Waals surface area contributed by atoms with Crippen LogP contribution in [0.1, 0.15) is 54.5 Å². The second-order valence-corrected chi connectivity index (χ2v) is 7.54. The van der Waals surface area contributed by atoms with Crippen LogP contribution in [0.2, 0.25) is 0 Å². The Morgan fingerprint density at radius 3 is 2.44 bits per heavy atom. The molecule has 1 aromatic heterocycles. The van der Waals surface area contributed by atoms with E-state index >= 15 is 0 Å². The third kappa shape index (κ3) is 3.47. The number of para-hydroxylation sites is 1. The second kappa shape index (κ2) is 6.64. The molecule has 5 heteroatoms. The van der Waals surface area contributed by atoms with Crippen molar-refractivity contribution in [3.63, 3.8) is 0 Å². The number of aromatic nitrogens is 1. The molecule has 0 unspecified atom stereocenters. The fraction of sp³-hybridized carbons (Fsp3) is 0.500. The number of hydrogen-bond acceptors (Lipinski definition) is 4. The van der Waals surface area contributed by atoms with Crippen molar-refractivity contribution >= 4 is 22.8 Å². The minimum Gasteiger partial charge on any atom is -0.456 e. The zero-order chi connectivity index (χ0) is 18.2. The number of hydrogen-bond donors (Lipinski definition) is 0. The van der Waals surface area contributed by atoms with E-state index in [9.17, 15) is 9.59 Å². The summed E-state index contributed by atoms with van der Waals surface area (Å²) < 4.78 is 12.6. The highest BCUT2D eigenvalue weighted by Gasteiger charge is 2.30. The van der Waals surface area contributed by atoms with Gasteiger partial charge in [0.2, 0.25) is 5.91 Å². The summed E-state index contributed by atoms with van der Waals surface area (Å²) in [6, 6.07) is 7.51. The molecule has 0 atom stereocenters. The molecule has 0 amide bonds. The fourth-order valence-electron chi connectivity index (χ4n) is 3.37. The summed E-state index contributed by atoms with van der Waals surface area (Å²) >= 11 is 0. The molecule has 1 aromatic carbocycles. The average molecular weight is 343 g/mol. The van der Waals surface area contributed by atoms with E-state index in [1.807, 2.05) is 52.0 Å². The van der Waals surface area contributed by atoms with Gasteiger partial charge in [0.05, 0.1) is 11.1 Å². The Bertz CT molecular complexity index is 807. The quantitative estimate of drug-likeness (QED) is 0.774. The number of nitrogens with zero attached hydrogens (tertiary/aromatic N) is 1. The molecule has 0 N–H and O–H groups in total. The highest BCUT2D eigenvalue weighted by atomic mass is 16.6. The van der Waals surface area contributed by atoms with Crippen LogP contribution in [0.15, 0.2) is 24.3 Å². The largest absolute Gasteiger partial charge is 0.456 e. The number of carbonyl (C=O) groups excluding carboxylic acids is 2. The molecule has 0 spiro atoms. The minimum atomic E-state index is -0.586. The minimum absolute atomic E-state index is 0.0341. The molecule has 1 fully saturated rings. The topological polar surface area (TPSA) is 57.5 Å². The first-order valence-electron chi connectivity index (χ1n) is 8.75. The van der Waals surface area contributed by atoms with Gasteiger partial charge in [0.1, 0.15) is 5.60 Å². The number of benzene rings is 1. The van der Waals surface area contributed by atoms with Crippen molar-refractivity contribution in [2.24, 2.45) is 5.92 Å². The van der Waals surface area contributed by atoms with E-state index in [4.69, 9.17) is 9.47 Å². The Kier molecular flexibility index (Phi) is 4.69. The summed E-state index contributed by atoms with van der Waals surface area (Å²) in [4.78, 5) is 25.9. The third-order valence-electron chi connectivity index (χ3n) is 4.51. The summed E-state index contributed by atoms with van der Waals surface area (Å²) in [5.74, 6) is -0.429. The maximum atomic E-state index is 13.1.